The van der Waals surface area contributed by atoms with Crippen molar-refractivity contribution in [2.24, 2.45) is 5.92 Å². The zero-order chi connectivity index (χ0) is 8.69. The maximum atomic E-state index is 9.90. The van der Waals surface area contributed by atoms with Gasteiger partial charge in [0.15, 0.2) is 0 Å². The lowest BCUT2D eigenvalue weighted by molar-refractivity contribution is -0.109. The predicted octanol–water partition coefficient (Wildman–Crippen LogP) is -1.10. The minimum absolute atomic E-state index is 0.110. The average molecular weight is 160 g/mol. The van der Waals surface area contributed by atoms with E-state index in [9.17, 15) is 4.79 Å². The van der Waals surface area contributed by atoms with E-state index in [2.05, 4.69) is 5.32 Å². The van der Waals surface area contributed by atoms with Crippen molar-refractivity contribution in [3.05, 3.63) is 0 Å². The Morgan fingerprint density at radius 3 is 2.64 bits per heavy atom. The molecule has 4 heteroatoms. The van der Waals surface area contributed by atoms with Gasteiger partial charge in [0.05, 0.1) is 0 Å². The van der Waals surface area contributed by atoms with E-state index in [-0.39, 0.29) is 12.5 Å². The summed E-state index contributed by atoms with van der Waals surface area (Å²) >= 11 is 0. The standard InChI is InChI=1S/C7H16N2O2/c1-9(2)4-7(5-10)3-8-6-11/h6-7,10H,3-5H2,1-2H3,(H,8,11). The summed E-state index contributed by atoms with van der Waals surface area (Å²) in [6.45, 7) is 1.44. The van der Waals surface area contributed by atoms with Gasteiger partial charge in [-0.25, -0.2) is 0 Å². The molecule has 11 heavy (non-hydrogen) atoms. The SMILES string of the molecule is CN(C)CC(CO)CNC=O. The van der Waals surface area contributed by atoms with Crippen LogP contribution in [0.3, 0.4) is 0 Å². The van der Waals surface area contributed by atoms with Crippen LogP contribution in [0.2, 0.25) is 0 Å². The number of rotatable bonds is 6. The van der Waals surface area contributed by atoms with E-state index < -0.39 is 0 Å². The van der Waals surface area contributed by atoms with Crippen LogP contribution in [0.15, 0.2) is 0 Å². The quantitative estimate of drug-likeness (QED) is 0.485. The lowest BCUT2D eigenvalue weighted by atomic mass is 10.1. The van der Waals surface area contributed by atoms with E-state index in [1.807, 2.05) is 19.0 Å². The van der Waals surface area contributed by atoms with Crippen molar-refractivity contribution in [1.29, 1.82) is 0 Å². The van der Waals surface area contributed by atoms with Crippen LogP contribution < -0.4 is 5.32 Å². The molecule has 0 aliphatic heterocycles. The largest absolute Gasteiger partial charge is 0.396 e. The molecule has 0 saturated heterocycles. The molecule has 0 heterocycles. The van der Waals surface area contributed by atoms with Crippen LogP contribution in [0.25, 0.3) is 0 Å². The first kappa shape index (κ1) is 10.4. The van der Waals surface area contributed by atoms with Gasteiger partial charge in [0.2, 0.25) is 6.41 Å². The smallest absolute Gasteiger partial charge is 0.207 e. The first-order valence-electron chi connectivity index (χ1n) is 3.63. The van der Waals surface area contributed by atoms with E-state index in [4.69, 9.17) is 5.11 Å². The Balaban J connectivity index is 3.48. The number of nitrogens with zero attached hydrogens (tertiary/aromatic N) is 1. The number of nitrogens with one attached hydrogen (secondary N) is 1. The normalized spacial score (nSPS) is 13.1. The zero-order valence-corrected chi connectivity index (χ0v) is 7.08. The van der Waals surface area contributed by atoms with Gasteiger partial charge >= 0.3 is 0 Å². The predicted molar refractivity (Wildman–Crippen MR) is 43.2 cm³/mol. The summed E-state index contributed by atoms with van der Waals surface area (Å²) in [7, 11) is 3.87. The third-order valence-corrected chi connectivity index (χ3v) is 1.37. The van der Waals surface area contributed by atoms with Crippen LogP contribution in [-0.2, 0) is 4.79 Å². The van der Waals surface area contributed by atoms with Crippen molar-refractivity contribution >= 4 is 6.41 Å². The molecule has 0 bridgehead atoms. The Kier molecular flexibility index (Phi) is 5.78. The summed E-state index contributed by atoms with van der Waals surface area (Å²) in [6, 6.07) is 0. The maximum absolute atomic E-state index is 9.90. The summed E-state index contributed by atoms with van der Waals surface area (Å²) in [5.74, 6) is 0.134. The highest BCUT2D eigenvalue weighted by molar-refractivity contribution is 5.45. The second-order valence-corrected chi connectivity index (χ2v) is 2.84. The minimum Gasteiger partial charge on any atom is -0.396 e. The third-order valence-electron chi connectivity index (χ3n) is 1.37. The third kappa shape index (κ3) is 5.82. The van der Waals surface area contributed by atoms with Crippen molar-refractivity contribution in [2.75, 3.05) is 33.8 Å². The molecule has 0 aromatic rings. The molecular formula is C7H16N2O2. The van der Waals surface area contributed by atoms with Gasteiger partial charge in [-0.3, -0.25) is 4.79 Å². The van der Waals surface area contributed by atoms with Crippen molar-refractivity contribution < 1.29 is 9.90 Å². The van der Waals surface area contributed by atoms with Crippen LogP contribution in [0.4, 0.5) is 0 Å². The molecule has 0 aromatic heterocycles. The van der Waals surface area contributed by atoms with Crippen LogP contribution in [0.1, 0.15) is 0 Å². The molecule has 0 aromatic carbocycles. The topological polar surface area (TPSA) is 52.6 Å². The average Bonchev–Trinajstić information content (AvgIpc) is 1.97. The molecule has 0 fully saturated rings. The fourth-order valence-corrected chi connectivity index (χ4v) is 0.918. The van der Waals surface area contributed by atoms with Crippen molar-refractivity contribution in [3.8, 4) is 0 Å². The molecule has 0 rings (SSSR count). The molecule has 0 spiro atoms. The monoisotopic (exact) mass is 160 g/mol. The van der Waals surface area contributed by atoms with E-state index in [0.717, 1.165) is 6.54 Å². The highest BCUT2D eigenvalue weighted by atomic mass is 16.3. The second-order valence-electron chi connectivity index (χ2n) is 2.84. The lowest BCUT2D eigenvalue weighted by Crippen LogP contribution is -2.32. The number of aliphatic hydroxyl groups excluding tert-OH is 1. The molecular weight excluding hydrogens is 144 g/mol. The van der Waals surface area contributed by atoms with Gasteiger partial charge < -0.3 is 15.3 Å². The molecule has 0 saturated carbocycles. The van der Waals surface area contributed by atoms with Crippen molar-refractivity contribution in [3.63, 3.8) is 0 Å². The Bertz CT molecular complexity index is 107. The van der Waals surface area contributed by atoms with Gasteiger partial charge in [-0.05, 0) is 14.1 Å². The highest BCUT2D eigenvalue weighted by Gasteiger charge is 2.06. The molecule has 0 aliphatic rings. The Morgan fingerprint density at radius 1 is 1.64 bits per heavy atom. The van der Waals surface area contributed by atoms with Gasteiger partial charge in [-0.2, -0.15) is 0 Å². The van der Waals surface area contributed by atoms with Crippen molar-refractivity contribution in [1.82, 2.24) is 10.2 Å². The zero-order valence-electron chi connectivity index (χ0n) is 7.08. The summed E-state index contributed by atoms with van der Waals surface area (Å²) in [4.78, 5) is 11.9. The van der Waals surface area contributed by atoms with Gasteiger partial charge in [-0.1, -0.05) is 0 Å². The number of amides is 1. The number of hydrogen-bond donors (Lipinski definition) is 2. The fourth-order valence-electron chi connectivity index (χ4n) is 0.918. The van der Waals surface area contributed by atoms with Crippen molar-refractivity contribution in [2.45, 2.75) is 0 Å². The molecule has 0 aliphatic carbocycles. The fraction of sp³-hybridized carbons (Fsp3) is 0.857. The van der Waals surface area contributed by atoms with Crippen LogP contribution in [-0.4, -0.2) is 50.2 Å². The minimum atomic E-state index is 0.110. The number of hydrogen-bond acceptors (Lipinski definition) is 3. The summed E-state index contributed by atoms with van der Waals surface area (Å²) in [5, 5.41) is 11.4. The van der Waals surface area contributed by atoms with E-state index in [1.54, 1.807) is 0 Å². The number of aliphatic hydroxyl groups is 1. The summed E-state index contributed by atoms with van der Waals surface area (Å²) < 4.78 is 0. The number of carbonyl (C=O) groups excluding carboxylic acids is 1. The Hall–Kier alpha value is -0.610. The maximum Gasteiger partial charge on any atom is 0.207 e. The van der Waals surface area contributed by atoms with E-state index >= 15 is 0 Å². The van der Waals surface area contributed by atoms with E-state index in [0.29, 0.717) is 13.0 Å². The first-order valence-corrected chi connectivity index (χ1v) is 3.63. The molecule has 2 N–H and O–H groups in total. The molecule has 1 amide bonds. The highest BCUT2D eigenvalue weighted by Crippen LogP contribution is 1.93. The van der Waals surface area contributed by atoms with Crippen LogP contribution >= 0.6 is 0 Å². The summed E-state index contributed by atoms with van der Waals surface area (Å²) in [6.07, 6.45) is 0.651. The van der Waals surface area contributed by atoms with E-state index in [1.165, 1.54) is 0 Å². The van der Waals surface area contributed by atoms with Crippen LogP contribution in [0, 0.1) is 5.92 Å². The molecule has 1 atom stereocenters. The molecule has 0 radical (unpaired) electrons. The van der Waals surface area contributed by atoms with Gasteiger partial charge in [-0.15, -0.1) is 0 Å². The summed E-state index contributed by atoms with van der Waals surface area (Å²) in [5.41, 5.74) is 0. The Labute approximate surface area is 67.2 Å². The Morgan fingerprint density at radius 2 is 2.27 bits per heavy atom. The van der Waals surface area contributed by atoms with Crippen LogP contribution in [0.5, 0.6) is 0 Å². The first-order chi connectivity index (χ1) is 5.20. The molecule has 1 unspecified atom stereocenters. The second kappa shape index (κ2) is 6.12. The molecule has 4 nitrogen and oxygen atoms in total. The number of carbonyl (C=O) groups is 1. The van der Waals surface area contributed by atoms with Gasteiger partial charge in [0.25, 0.3) is 0 Å². The lowest BCUT2D eigenvalue weighted by Gasteiger charge is -2.17. The van der Waals surface area contributed by atoms with Gasteiger partial charge in [0.1, 0.15) is 0 Å². The molecule has 66 valence electrons. The van der Waals surface area contributed by atoms with Gasteiger partial charge in [0, 0.05) is 25.6 Å².